The lowest BCUT2D eigenvalue weighted by Gasteiger charge is -2.41. The second kappa shape index (κ2) is 6.58. The highest BCUT2D eigenvalue weighted by Crippen LogP contribution is 2.29. The fourth-order valence-corrected chi connectivity index (χ4v) is 5.09. The van der Waals surface area contributed by atoms with Gasteiger partial charge in [0.2, 0.25) is 21.8 Å². The summed E-state index contributed by atoms with van der Waals surface area (Å²) in [6, 6.07) is 14.5. The van der Waals surface area contributed by atoms with E-state index in [0.29, 0.717) is 0 Å². The molecule has 0 bridgehead atoms. The first kappa shape index (κ1) is 17.9. The smallest absolute Gasteiger partial charge is 0.243 e. The van der Waals surface area contributed by atoms with E-state index < -0.39 is 10.0 Å². The molecule has 0 saturated carbocycles. The molecule has 7 heteroatoms. The third-order valence-electron chi connectivity index (χ3n) is 5.13. The Bertz CT molecular complexity index is 993. The molecule has 0 aliphatic carbocycles. The summed E-state index contributed by atoms with van der Waals surface area (Å²) >= 11 is 0. The minimum absolute atomic E-state index is 0.166. The van der Waals surface area contributed by atoms with Crippen LogP contribution in [0.3, 0.4) is 0 Å². The maximum atomic E-state index is 12.8. The average Bonchev–Trinajstić information content (AvgIpc) is 2.93. The first-order chi connectivity index (χ1) is 12.9. The molecule has 27 heavy (non-hydrogen) atoms. The van der Waals surface area contributed by atoms with Crippen molar-refractivity contribution in [1.82, 2.24) is 9.21 Å². The highest BCUT2D eigenvalue weighted by molar-refractivity contribution is 7.89. The van der Waals surface area contributed by atoms with E-state index in [-0.39, 0.29) is 48.7 Å². The minimum atomic E-state index is -3.62. The standard InChI is InChI=1S/C20H20N2O4S/c1-14-3-2-4-16(11-14)15-5-7-18(8-6-15)27(25,26)21-12-17(13-21)22-19(23)9-10-20(22)24/h2-8,11,17H,9-10,12-13H2,1H3. The zero-order valence-electron chi connectivity index (χ0n) is 15.0. The first-order valence-corrected chi connectivity index (χ1v) is 10.3. The van der Waals surface area contributed by atoms with Crippen molar-refractivity contribution in [3.05, 3.63) is 54.1 Å². The first-order valence-electron chi connectivity index (χ1n) is 8.88. The van der Waals surface area contributed by atoms with Gasteiger partial charge in [0.15, 0.2) is 0 Å². The fraction of sp³-hybridized carbons (Fsp3) is 0.300. The van der Waals surface area contributed by atoms with E-state index in [1.807, 2.05) is 31.2 Å². The number of carbonyl (C=O) groups is 2. The Morgan fingerprint density at radius 2 is 1.52 bits per heavy atom. The quantitative estimate of drug-likeness (QED) is 0.758. The molecule has 0 atom stereocenters. The monoisotopic (exact) mass is 384 g/mol. The highest BCUT2D eigenvalue weighted by atomic mass is 32.2. The lowest BCUT2D eigenvalue weighted by molar-refractivity contribution is -0.143. The SMILES string of the molecule is Cc1cccc(-c2ccc(S(=O)(=O)N3CC(N4C(=O)CCC4=O)C3)cc2)c1. The molecule has 0 spiro atoms. The van der Waals surface area contributed by atoms with Crippen molar-refractivity contribution < 1.29 is 18.0 Å². The van der Waals surface area contributed by atoms with Crippen LogP contribution in [0.25, 0.3) is 11.1 Å². The Balaban J connectivity index is 1.48. The number of hydrogen-bond donors (Lipinski definition) is 0. The number of carbonyl (C=O) groups excluding carboxylic acids is 2. The Morgan fingerprint density at radius 1 is 0.889 bits per heavy atom. The second-order valence-corrected chi connectivity index (χ2v) is 8.97. The van der Waals surface area contributed by atoms with Crippen LogP contribution in [0.5, 0.6) is 0 Å². The summed E-state index contributed by atoms with van der Waals surface area (Å²) in [7, 11) is -3.62. The van der Waals surface area contributed by atoms with Crippen molar-refractivity contribution in [2.24, 2.45) is 0 Å². The Hall–Kier alpha value is -2.51. The van der Waals surface area contributed by atoms with Crippen LogP contribution in [-0.2, 0) is 19.6 Å². The van der Waals surface area contributed by atoms with Crippen LogP contribution in [0.1, 0.15) is 18.4 Å². The van der Waals surface area contributed by atoms with Crippen molar-refractivity contribution in [2.45, 2.75) is 30.7 Å². The van der Waals surface area contributed by atoms with Crippen LogP contribution in [0.2, 0.25) is 0 Å². The van der Waals surface area contributed by atoms with E-state index in [9.17, 15) is 18.0 Å². The molecule has 0 radical (unpaired) electrons. The van der Waals surface area contributed by atoms with Gasteiger partial charge in [0.05, 0.1) is 10.9 Å². The number of rotatable bonds is 4. The number of amides is 2. The fourth-order valence-electron chi connectivity index (χ4n) is 3.57. The molecule has 2 saturated heterocycles. The third-order valence-corrected chi connectivity index (χ3v) is 6.97. The van der Waals surface area contributed by atoms with E-state index in [1.54, 1.807) is 24.3 Å². The molecular formula is C20H20N2O4S. The molecule has 2 fully saturated rings. The molecular weight excluding hydrogens is 364 g/mol. The summed E-state index contributed by atoms with van der Waals surface area (Å²) in [6.45, 7) is 2.34. The largest absolute Gasteiger partial charge is 0.277 e. The molecule has 0 N–H and O–H groups in total. The predicted octanol–water partition coefficient (Wildman–Crippen LogP) is 2.18. The molecule has 2 heterocycles. The van der Waals surface area contributed by atoms with Crippen LogP contribution in [-0.4, -0.2) is 48.6 Å². The summed E-state index contributed by atoms with van der Waals surface area (Å²) in [5, 5.41) is 0. The summed E-state index contributed by atoms with van der Waals surface area (Å²) in [4.78, 5) is 25.0. The summed E-state index contributed by atoms with van der Waals surface area (Å²) < 4.78 is 26.9. The van der Waals surface area contributed by atoms with Gasteiger partial charge in [-0.05, 0) is 30.2 Å². The number of sulfonamides is 1. The Morgan fingerprint density at radius 3 is 2.11 bits per heavy atom. The normalized spacial score (nSPS) is 18.8. The zero-order valence-corrected chi connectivity index (χ0v) is 15.8. The second-order valence-electron chi connectivity index (χ2n) is 7.03. The van der Waals surface area contributed by atoms with Gasteiger partial charge in [-0.3, -0.25) is 14.5 Å². The van der Waals surface area contributed by atoms with Crippen LogP contribution < -0.4 is 0 Å². The topological polar surface area (TPSA) is 74.8 Å². The zero-order chi connectivity index (χ0) is 19.2. The maximum absolute atomic E-state index is 12.8. The Labute approximate surface area is 158 Å². The van der Waals surface area contributed by atoms with Gasteiger partial charge in [-0.2, -0.15) is 4.31 Å². The molecule has 2 aromatic rings. The van der Waals surface area contributed by atoms with Crippen LogP contribution in [0.15, 0.2) is 53.4 Å². The molecule has 6 nitrogen and oxygen atoms in total. The van der Waals surface area contributed by atoms with Gasteiger partial charge in [0, 0.05) is 25.9 Å². The van der Waals surface area contributed by atoms with Crippen LogP contribution in [0, 0.1) is 6.92 Å². The highest BCUT2D eigenvalue weighted by Gasteiger charge is 2.45. The van der Waals surface area contributed by atoms with Crippen molar-refractivity contribution in [3.8, 4) is 11.1 Å². The molecule has 0 unspecified atom stereocenters. The van der Waals surface area contributed by atoms with Crippen molar-refractivity contribution in [1.29, 1.82) is 0 Å². The lowest BCUT2D eigenvalue weighted by Crippen LogP contribution is -2.62. The van der Waals surface area contributed by atoms with E-state index in [4.69, 9.17) is 0 Å². The molecule has 2 aliphatic rings. The minimum Gasteiger partial charge on any atom is -0.277 e. The Kier molecular flexibility index (Phi) is 4.36. The summed E-state index contributed by atoms with van der Waals surface area (Å²) in [6.07, 6.45) is 0.449. The van der Waals surface area contributed by atoms with E-state index in [2.05, 4.69) is 0 Å². The van der Waals surface area contributed by atoms with Gasteiger partial charge >= 0.3 is 0 Å². The van der Waals surface area contributed by atoms with Crippen LogP contribution >= 0.6 is 0 Å². The summed E-state index contributed by atoms with van der Waals surface area (Å²) in [5.74, 6) is -0.408. The third kappa shape index (κ3) is 3.17. The van der Waals surface area contributed by atoms with Gasteiger partial charge in [0.1, 0.15) is 0 Å². The van der Waals surface area contributed by atoms with Crippen molar-refractivity contribution >= 4 is 21.8 Å². The number of hydrogen-bond acceptors (Lipinski definition) is 4. The number of imide groups is 1. The summed E-state index contributed by atoms with van der Waals surface area (Å²) in [5.41, 5.74) is 3.13. The molecule has 140 valence electrons. The van der Waals surface area contributed by atoms with Crippen molar-refractivity contribution in [3.63, 3.8) is 0 Å². The van der Waals surface area contributed by atoms with E-state index in [0.717, 1.165) is 16.7 Å². The van der Waals surface area contributed by atoms with Gasteiger partial charge < -0.3 is 0 Å². The lowest BCUT2D eigenvalue weighted by atomic mass is 10.0. The number of benzene rings is 2. The number of nitrogens with zero attached hydrogens (tertiary/aromatic N) is 2. The van der Waals surface area contributed by atoms with Crippen LogP contribution in [0.4, 0.5) is 0 Å². The van der Waals surface area contributed by atoms with Gasteiger partial charge in [0.25, 0.3) is 0 Å². The average molecular weight is 384 g/mol. The van der Waals surface area contributed by atoms with Gasteiger partial charge in [-0.1, -0.05) is 42.0 Å². The molecule has 0 aromatic heterocycles. The molecule has 2 aromatic carbocycles. The van der Waals surface area contributed by atoms with Gasteiger partial charge in [-0.15, -0.1) is 0 Å². The number of likely N-dealkylation sites (tertiary alicyclic amines) is 1. The molecule has 2 aliphatic heterocycles. The van der Waals surface area contributed by atoms with Gasteiger partial charge in [-0.25, -0.2) is 8.42 Å². The number of aryl methyl sites for hydroxylation is 1. The maximum Gasteiger partial charge on any atom is 0.243 e. The van der Waals surface area contributed by atoms with E-state index in [1.165, 1.54) is 9.21 Å². The van der Waals surface area contributed by atoms with Crippen molar-refractivity contribution in [2.75, 3.05) is 13.1 Å². The predicted molar refractivity (Wildman–Crippen MR) is 100 cm³/mol. The van der Waals surface area contributed by atoms with E-state index >= 15 is 0 Å². The molecule has 4 rings (SSSR count). The molecule has 2 amide bonds.